The van der Waals surface area contributed by atoms with Gasteiger partial charge in [0.25, 0.3) is 8.32 Å². The molecule has 0 aliphatic heterocycles. The lowest BCUT2D eigenvalue weighted by Gasteiger charge is -2.43. The summed E-state index contributed by atoms with van der Waals surface area (Å²) in [5.74, 6) is -0.132. The molecule has 2 rings (SSSR count). The predicted molar refractivity (Wildman–Crippen MR) is 262 cm³/mol. The van der Waals surface area contributed by atoms with E-state index in [1.807, 2.05) is 0 Å². The van der Waals surface area contributed by atoms with Gasteiger partial charge in [-0.2, -0.15) is 0 Å². The molecule has 0 bridgehead atoms. The highest BCUT2D eigenvalue weighted by atomic mass is 28.4. The van der Waals surface area contributed by atoms with Gasteiger partial charge in [-0.1, -0.05) is 165 Å². The summed E-state index contributed by atoms with van der Waals surface area (Å²) in [6.45, 7) is 18.7. The predicted octanol–water partition coefficient (Wildman–Crippen LogP) is 8.74. The summed E-state index contributed by atoms with van der Waals surface area (Å²) in [4.78, 5) is 11.9. The number of hydrogen-bond acceptors (Lipinski definition) is 12. The van der Waals surface area contributed by atoms with Gasteiger partial charge in [-0.05, 0) is 21.8 Å². The smallest absolute Gasteiger partial charge is 0.305 e. The molecule has 0 spiro atoms. The van der Waals surface area contributed by atoms with Crippen molar-refractivity contribution in [3.63, 3.8) is 0 Å². The Balaban J connectivity index is 1.24. The molecule has 0 fully saturated rings. The average molecular weight is 935 g/mol. The highest BCUT2D eigenvalue weighted by Crippen LogP contribution is 2.36. The maximum atomic E-state index is 11.9. The minimum Gasteiger partial charge on any atom is -0.463 e. The van der Waals surface area contributed by atoms with Gasteiger partial charge in [0.2, 0.25) is 0 Å². The fraction of sp³-hybridized carbons (Fsp3) is 0.750. The molecule has 12 nitrogen and oxygen atoms in total. The van der Waals surface area contributed by atoms with Crippen molar-refractivity contribution >= 4 is 24.7 Å². The van der Waals surface area contributed by atoms with Crippen LogP contribution >= 0.6 is 0 Å². The molecular formula is C52H90O12Si. The highest BCUT2D eigenvalue weighted by molar-refractivity contribution is 6.99. The van der Waals surface area contributed by atoms with Crippen molar-refractivity contribution in [1.82, 2.24) is 0 Å². The molecule has 0 radical (unpaired) electrons. The summed E-state index contributed by atoms with van der Waals surface area (Å²) < 4.78 is 62.5. The van der Waals surface area contributed by atoms with Gasteiger partial charge < -0.3 is 51.8 Å². The Labute approximate surface area is 395 Å². The Morgan fingerprint density at radius 2 is 0.662 bits per heavy atom. The molecule has 2 aromatic carbocycles. The van der Waals surface area contributed by atoms with Crippen LogP contribution in [0.3, 0.4) is 0 Å². The Morgan fingerprint density at radius 1 is 0.385 bits per heavy atom. The molecule has 2 aromatic rings. The Hall–Kier alpha value is -2.27. The molecular weight excluding hydrogens is 845 g/mol. The van der Waals surface area contributed by atoms with Crippen molar-refractivity contribution in [3.8, 4) is 0 Å². The molecule has 0 atom stereocenters. The second-order valence-corrected chi connectivity index (χ2v) is 21.5. The molecule has 0 N–H and O–H groups in total. The first-order valence-electron chi connectivity index (χ1n) is 25.0. The fourth-order valence-electron chi connectivity index (χ4n) is 7.45. The molecule has 0 heterocycles. The van der Waals surface area contributed by atoms with Gasteiger partial charge in [0.1, 0.15) is 6.61 Å². The van der Waals surface area contributed by atoms with Gasteiger partial charge in [-0.25, -0.2) is 0 Å². The summed E-state index contributed by atoms with van der Waals surface area (Å²) in [5, 5.41) is 2.47. The standard InChI is InChI=1S/C52H90O12Si/c1-5-6-7-8-9-10-11-12-13-14-15-16-23-28-51(53)63-47-45-61-43-41-59-39-37-57-35-33-55-31-29-54-30-32-56-34-36-58-38-40-60-42-44-62-46-48-64-65(52(2,3)4,49-24-19-17-20-25-49)50-26-21-18-22-27-50/h17-22,24-27H,5-16,23,28-48H2,1-4H3. The van der Waals surface area contributed by atoms with Crippen LogP contribution in [0.25, 0.3) is 0 Å². The Kier molecular flexibility index (Phi) is 37.9. The van der Waals surface area contributed by atoms with Crippen molar-refractivity contribution in [2.75, 3.05) is 132 Å². The van der Waals surface area contributed by atoms with Crippen LogP contribution in [0.15, 0.2) is 60.7 Å². The van der Waals surface area contributed by atoms with Crippen LogP contribution < -0.4 is 10.4 Å². The zero-order chi connectivity index (χ0) is 46.6. The second-order valence-electron chi connectivity index (χ2n) is 17.2. The Bertz CT molecular complexity index is 1280. The number of unbranched alkanes of at least 4 members (excludes halogenated alkanes) is 12. The SMILES string of the molecule is CCCCCCCCCCCCCCCC(=O)OCCOCCOCCOCCOCCOCCOCCOCCOCCOCCO[Si](c1ccccc1)(c1ccccc1)C(C)(C)C. The third kappa shape index (κ3) is 30.7. The van der Waals surface area contributed by atoms with Gasteiger partial charge in [0, 0.05) is 6.42 Å². The summed E-state index contributed by atoms with van der Waals surface area (Å²) >= 11 is 0. The molecule has 374 valence electrons. The second kappa shape index (κ2) is 41.9. The molecule has 0 aliphatic rings. The molecule has 65 heavy (non-hydrogen) atoms. The van der Waals surface area contributed by atoms with E-state index in [4.69, 9.17) is 51.8 Å². The van der Waals surface area contributed by atoms with Crippen LogP contribution in [-0.2, 0) is 56.6 Å². The van der Waals surface area contributed by atoms with Gasteiger partial charge in [0.15, 0.2) is 0 Å². The topological polar surface area (TPSA) is 119 Å². The molecule has 0 aliphatic carbocycles. The van der Waals surface area contributed by atoms with Crippen molar-refractivity contribution in [3.05, 3.63) is 60.7 Å². The number of esters is 1. The van der Waals surface area contributed by atoms with Crippen LogP contribution in [0, 0.1) is 0 Å². The zero-order valence-corrected chi connectivity index (χ0v) is 42.2. The normalized spacial score (nSPS) is 12.0. The van der Waals surface area contributed by atoms with E-state index in [1.54, 1.807) is 0 Å². The molecule has 13 heteroatoms. The minimum atomic E-state index is -2.55. The maximum absolute atomic E-state index is 11.9. The molecule has 0 saturated heterocycles. The lowest BCUT2D eigenvalue weighted by atomic mass is 10.0. The number of benzene rings is 2. The van der Waals surface area contributed by atoms with Crippen LogP contribution in [0.2, 0.25) is 5.04 Å². The minimum absolute atomic E-state index is 0.0603. The first-order valence-corrected chi connectivity index (χ1v) is 26.9. The van der Waals surface area contributed by atoms with E-state index in [-0.39, 0.29) is 17.6 Å². The van der Waals surface area contributed by atoms with Crippen LogP contribution in [0.1, 0.15) is 118 Å². The highest BCUT2D eigenvalue weighted by Gasteiger charge is 2.50. The van der Waals surface area contributed by atoms with Gasteiger partial charge >= 0.3 is 5.97 Å². The summed E-state index contributed by atoms with van der Waals surface area (Å²) in [7, 11) is -2.55. The van der Waals surface area contributed by atoms with E-state index in [1.165, 1.54) is 81.0 Å². The van der Waals surface area contributed by atoms with E-state index in [0.717, 1.165) is 12.8 Å². The van der Waals surface area contributed by atoms with E-state index in [2.05, 4.69) is 88.4 Å². The summed E-state index contributed by atoms with van der Waals surface area (Å²) in [6.07, 6.45) is 17.3. The third-order valence-electron chi connectivity index (χ3n) is 10.9. The van der Waals surface area contributed by atoms with Gasteiger partial charge in [-0.15, -0.1) is 0 Å². The molecule has 0 amide bonds. The number of carbonyl (C=O) groups excluding carboxylic acids is 1. The lowest BCUT2D eigenvalue weighted by molar-refractivity contribution is -0.145. The van der Waals surface area contributed by atoms with Crippen LogP contribution in [0.5, 0.6) is 0 Å². The summed E-state index contributed by atoms with van der Waals surface area (Å²) in [5.41, 5.74) is 0. The average Bonchev–Trinajstić information content (AvgIpc) is 3.31. The van der Waals surface area contributed by atoms with Crippen molar-refractivity contribution in [1.29, 1.82) is 0 Å². The van der Waals surface area contributed by atoms with Crippen molar-refractivity contribution < 1.29 is 56.6 Å². The van der Waals surface area contributed by atoms with Crippen LogP contribution in [0.4, 0.5) is 0 Å². The quantitative estimate of drug-likeness (QED) is 0.0359. The zero-order valence-electron chi connectivity index (χ0n) is 41.2. The number of rotatable bonds is 47. The fourth-order valence-corrected chi connectivity index (χ4v) is 12.0. The van der Waals surface area contributed by atoms with E-state index < -0.39 is 8.32 Å². The number of carbonyl (C=O) groups is 1. The monoisotopic (exact) mass is 935 g/mol. The van der Waals surface area contributed by atoms with E-state index >= 15 is 0 Å². The number of hydrogen-bond donors (Lipinski definition) is 0. The molecule has 0 unspecified atom stereocenters. The number of ether oxygens (including phenoxy) is 10. The third-order valence-corrected chi connectivity index (χ3v) is 16.0. The largest absolute Gasteiger partial charge is 0.463 e. The van der Waals surface area contributed by atoms with Gasteiger partial charge in [-0.3, -0.25) is 4.79 Å². The maximum Gasteiger partial charge on any atom is 0.305 e. The first-order chi connectivity index (χ1) is 31.9. The molecule has 0 saturated carbocycles. The summed E-state index contributed by atoms with van der Waals surface area (Å²) in [6, 6.07) is 21.3. The first kappa shape index (κ1) is 58.9. The van der Waals surface area contributed by atoms with E-state index in [9.17, 15) is 4.79 Å². The Morgan fingerprint density at radius 3 is 0.969 bits per heavy atom. The molecule has 0 aromatic heterocycles. The van der Waals surface area contributed by atoms with Gasteiger partial charge in [0.05, 0.1) is 126 Å². The van der Waals surface area contributed by atoms with Crippen LogP contribution in [-0.4, -0.2) is 146 Å². The van der Waals surface area contributed by atoms with Crippen molar-refractivity contribution in [2.45, 2.75) is 123 Å². The lowest BCUT2D eigenvalue weighted by Crippen LogP contribution is -2.66. The van der Waals surface area contributed by atoms with Crippen molar-refractivity contribution in [2.24, 2.45) is 0 Å². The van der Waals surface area contributed by atoms with E-state index in [0.29, 0.717) is 132 Å².